The smallest absolute Gasteiger partial charge is 0.152 e. The van der Waals surface area contributed by atoms with Crippen LogP contribution in [0.15, 0.2) is 28.7 Å². The Hall–Kier alpha value is -0.990. The normalized spacial score (nSPS) is 29.0. The molecule has 3 heteroatoms. The van der Waals surface area contributed by atoms with Gasteiger partial charge in [0.2, 0.25) is 0 Å². The lowest BCUT2D eigenvalue weighted by Crippen LogP contribution is -2.17. The largest absolute Gasteiger partial charge is 0.459 e. The summed E-state index contributed by atoms with van der Waals surface area (Å²) in [6.07, 6.45) is 2.38. The molecule has 0 amide bonds. The molecule has 1 saturated carbocycles. The number of para-hydroxylation sites is 1. The van der Waals surface area contributed by atoms with Crippen molar-refractivity contribution in [3.8, 4) is 0 Å². The highest BCUT2D eigenvalue weighted by Crippen LogP contribution is 2.43. The standard InChI is InChI=1S/C14H15ClO2/c1-14(6-5-10(16)8-14)12-7-9-3-2-4-11(15)13(9)17-12/h2-4,7,10,16H,5-6,8H2,1H3. The lowest BCUT2D eigenvalue weighted by molar-refractivity contribution is 0.172. The molecule has 1 aliphatic carbocycles. The van der Waals surface area contributed by atoms with Crippen LogP contribution in [0.25, 0.3) is 11.0 Å². The molecule has 0 saturated heterocycles. The highest BCUT2D eigenvalue weighted by molar-refractivity contribution is 6.34. The fourth-order valence-corrected chi connectivity index (χ4v) is 2.98. The van der Waals surface area contributed by atoms with Gasteiger partial charge in [0, 0.05) is 10.8 Å². The summed E-state index contributed by atoms with van der Waals surface area (Å²) in [6.45, 7) is 2.15. The molecular formula is C14H15ClO2. The summed E-state index contributed by atoms with van der Waals surface area (Å²) < 4.78 is 5.89. The second-order valence-electron chi connectivity index (χ2n) is 5.23. The molecule has 17 heavy (non-hydrogen) atoms. The molecular weight excluding hydrogens is 236 g/mol. The van der Waals surface area contributed by atoms with Crippen LogP contribution >= 0.6 is 11.6 Å². The third kappa shape index (κ3) is 1.76. The zero-order valence-electron chi connectivity index (χ0n) is 9.74. The predicted molar refractivity (Wildman–Crippen MR) is 68.4 cm³/mol. The monoisotopic (exact) mass is 250 g/mol. The van der Waals surface area contributed by atoms with Gasteiger partial charge in [0.1, 0.15) is 5.76 Å². The van der Waals surface area contributed by atoms with Gasteiger partial charge < -0.3 is 9.52 Å². The van der Waals surface area contributed by atoms with E-state index in [0.29, 0.717) is 5.02 Å². The van der Waals surface area contributed by atoms with E-state index < -0.39 is 0 Å². The van der Waals surface area contributed by atoms with Crippen molar-refractivity contribution in [2.75, 3.05) is 0 Å². The summed E-state index contributed by atoms with van der Waals surface area (Å²) in [5.41, 5.74) is 0.702. The Bertz CT molecular complexity index is 560. The number of aliphatic hydroxyl groups is 1. The Morgan fingerprint density at radius 3 is 2.94 bits per heavy atom. The first kappa shape index (κ1) is 11.1. The third-order valence-electron chi connectivity index (χ3n) is 3.81. The SMILES string of the molecule is CC1(c2cc3cccc(Cl)c3o2)CCC(O)C1. The number of hydrogen-bond acceptors (Lipinski definition) is 2. The lowest BCUT2D eigenvalue weighted by Gasteiger charge is -2.20. The van der Waals surface area contributed by atoms with Gasteiger partial charge in [-0.25, -0.2) is 0 Å². The minimum Gasteiger partial charge on any atom is -0.459 e. The van der Waals surface area contributed by atoms with E-state index in [9.17, 15) is 5.11 Å². The number of aliphatic hydroxyl groups excluding tert-OH is 1. The molecule has 1 heterocycles. The molecule has 0 bridgehead atoms. The number of halogens is 1. The summed E-state index contributed by atoms with van der Waals surface area (Å²) in [4.78, 5) is 0. The van der Waals surface area contributed by atoms with Crippen LogP contribution in [0.1, 0.15) is 31.9 Å². The van der Waals surface area contributed by atoms with Gasteiger partial charge in [0.15, 0.2) is 5.58 Å². The third-order valence-corrected chi connectivity index (χ3v) is 4.10. The van der Waals surface area contributed by atoms with Crippen LogP contribution in [0, 0.1) is 0 Å². The van der Waals surface area contributed by atoms with E-state index in [0.717, 1.165) is 36.0 Å². The maximum atomic E-state index is 9.69. The number of benzene rings is 1. The summed E-state index contributed by atoms with van der Waals surface area (Å²) in [7, 11) is 0. The molecule has 0 aliphatic heterocycles. The van der Waals surface area contributed by atoms with Crippen molar-refractivity contribution < 1.29 is 9.52 Å². The van der Waals surface area contributed by atoms with E-state index >= 15 is 0 Å². The molecule has 2 unspecified atom stereocenters. The zero-order chi connectivity index (χ0) is 12.0. The quantitative estimate of drug-likeness (QED) is 0.833. The topological polar surface area (TPSA) is 33.4 Å². The zero-order valence-corrected chi connectivity index (χ0v) is 10.5. The molecule has 0 radical (unpaired) electrons. The molecule has 1 aliphatic rings. The Morgan fingerprint density at radius 1 is 1.47 bits per heavy atom. The van der Waals surface area contributed by atoms with Crippen LogP contribution in [0.3, 0.4) is 0 Å². The number of rotatable bonds is 1. The van der Waals surface area contributed by atoms with Gasteiger partial charge in [0.05, 0.1) is 11.1 Å². The Kier molecular flexibility index (Phi) is 2.46. The average molecular weight is 251 g/mol. The summed E-state index contributed by atoms with van der Waals surface area (Å²) in [5, 5.41) is 11.4. The van der Waals surface area contributed by atoms with Crippen molar-refractivity contribution in [2.24, 2.45) is 0 Å². The highest BCUT2D eigenvalue weighted by atomic mass is 35.5. The van der Waals surface area contributed by atoms with Crippen molar-refractivity contribution in [3.63, 3.8) is 0 Å². The summed E-state index contributed by atoms with van der Waals surface area (Å²) in [6, 6.07) is 7.82. The molecule has 1 aromatic heterocycles. The highest BCUT2D eigenvalue weighted by Gasteiger charge is 2.38. The average Bonchev–Trinajstić information content (AvgIpc) is 2.85. The van der Waals surface area contributed by atoms with Gasteiger partial charge in [-0.15, -0.1) is 0 Å². The van der Waals surface area contributed by atoms with Gasteiger partial charge in [-0.3, -0.25) is 0 Å². The molecule has 0 spiro atoms. The van der Waals surface area contributed by atoms with Crippen LogP contribution in [0.5, 0.6) is 0 Å². The number of furan rings is 1. The first-order chi connectivity index (χ1) is 8.08. The Balaban J connectivity index is 2.10. The maximum absolute atomic E-state index is 9.69. The molecule has 1 N–H and O–H groups in total. The fraction of sp³-hybridized carbons (Fsp3) is 0.429. The molecule has 2 nitrogen and oxygen atoms in total. The second-order valence-corrected chi connectivity index (χ2v) is 5.63. The van der Waals surface area contributed by atoms with E-state index in [1.165, 1.54) is 0 Å². The van der Waals surface area contributed by atoms with Gasteiger partial charge in [-0.05, 0) is 31.4 Å². The molecule has 1 fully saturated rings. The maximum Gasteiger partial charge on any atom is 0.152 e. The van der Waals surface area contributed by atoms with Gasteiger partial charge in [-0.2, -0.15) is 0 Å². The molecule has 2 atom stereocenters. The molecule has 2 aromatic rings. The lowest BCUT2D eigenvalue weighted by atomic mass is 9.86. The Morgan fingerprint density at radius 2 is 2.29 bits per heavy atom. The second kappa shape index (κ2) is 3.76. The molecule has 1 aromatic carbocycles. The first-order valence-corrected chi connectivity index (χ1v) is 6.33. The Labute approximate surface area is 105 Å². The summed E-state index contributed by atoms with van der Waals surface area (Å²) >= 11 is 6.11. The van der Waals surface area contributed by atoms with Crippen LogP contribution in [-0.4, -0.2) is 11.2 Å². The van der Waals surface area contributed by atoms with Gasteiger partial charge in [-0.1, -0.05) is 30.7 Å². The molecule has 3 rings (SSSR count). The first-order valence-electron chi connectivity index (χ1n) is 5.95. The van der Waals surface area contributed by atoms with Gasteiger partial charge >= 0.3 is 0 Å². The van der Waals surface area contributed by atoms with E-state index in [1.54, 1.807) is 0 Å². The van der Waals surface area contributed by atoms with Crippen LogP contribution < -0.4 is 0 Å². The van der Waals surface area contributed by atoms with Crippen molar-refractivity contribution >= 4 is 22.6 Å². The van der Waals surface area contributed by atoms with Crippen molar-refractivity contribution in [1.82, 2.24) is 0 Å². The van der Waals surface area contributed by atoms with Crippen LogP contribution in [0.4, 0.5) is 0 Å². The number of fused-ring (bicyclic) bond motifs is 1. The van der Waals surface area contributed by atoms with Crippen molar-refractivity contribution in [3.05, 3.63) is 35.0 Å². The number of hydrogen-bond donors (Lipinski definition) is 1. The molecule has 90 valence electrons. The van der Waals surface area contributed by atoms with Crippen molar-refractivity contribution in [2.45, 2.75) is 37.7 Å². The fourth-order valence-electron chi connectivity index (χ4n) is 2.76. The van der Waals surface area contributed by atoms with Crippen molar-refractivity contribution in [1.29, 1.82) is 0 Å². The predicted octanol–water partition coefficient (Wildman–Crippen LogP) is 3.89. The minimum absolute atomic E-state index is 0.0538. The van der Waals surface area contributed by atoms with E-state index in [4.69, 9.17) is 16.0 Å². The minimum atomic E-state index is -0.205. The van der Waals surface area contributed by atoms with Crippen LogP contribution in [-0.2, 0) is 5.41 Å². The van der Waals surface area contributed by atoms with Gasteiger partial charge in [0.25, 0.3) is 0 Å². The summed E-state index contributed by atoms with van der Waals surface area (Å²) in [5.74, 6) is 0.942. The van der Waals surface area contributed by atoms with E-state index in [2.05, 4.69) is 13.0 Å². The van der Waals surface area contributed by atoms with E-state index in [1.807, 2.05) is 18.2 Å². The van der Waals surface area contributed by atoms with E-state index in [-0.39, 0.29) is 11.5 Å². The van der Waals surface area contributed by atoms with Crippen LogP contribution in [0.2, 0.25) is 5.02 Å².